The molecule has 180 valence electrons. The molecule has 0 bridgehead atoms. The van der Waals surface area contributed by atoms with Crippen LogP contribution in [0.15, 0.2) is 54.7 Å². The van der Waals surface area contributed by atoms with Gasteiger partial charge in [-0.1, -0.05) is 23.7 Å². The number of amides is 2. The number of hydrogen-bond acceptors (Lipinski definition) is 6. The zero-order valence-electron chi connectivity index (χ0n) is 19.3. The molecule has 2 amide bonds. The van der Waals surface area contributed by atoms with Crippen LogP contribution in [0.2, 0.25) is 5.02 Å². The van der Waals surface area contributed by atoms with Gasteiger partial charge in [0.15, 0.2) is 5.65 Å². The van der Waals surface area contributed by atoms with Crippen LogP contribution in [0.5, 0.6) is 0 Å². The predicted molar refractivity (Wildman–Crippen MR) is 137 cm³/mol. The molecule has 0 spiro atoms. The fourth-order valence-corrected chi connectivity index (χ4v) is 3.64. The fraction of sp³-hybridized carbons (Fsp3) is 0.200. The topological polar surface area (TPSA) is 135 Å². The minimum atomic E-state index is -0.547. The number of hydrogen-bond donors (Lipinski definition) is 4. The standard InChI is InChI=1S/C25H25ClN6O3/c1-14(2)35-25(34)30-18-7-8-20(26)19(12-18)23-31-21-11-16(13-28-24(21)32-23)15-3-5-17(6-4-15)29-22(33)9-10-27/h3-8,11-14H,9-10,27H2,1-2H3,(H,29,33)(H,30,34)(H,28,31,32). The molecule has 35 heavy (non-hydrogen) atoms. The number of pyridine rings is 1. The zero-order valence-corrected chi connectivity index (χ0v) is 20.0. The van der Waals surface area contributed by atoms with Gasteiger partial charge in [0.25, 0.3) is 0 Å². The van der Waals surface area contributed by atoms with Crippen LogP contribution in [0.4, 0.5) is 16.2 Å². The number of carbonyl (C=O) groups is 2. The van der Waals surface area contributed by atoms with Crippen LogP contribution in [-0.2, 0) is 9.53 Å². The third-order valence-corrected chi connectivity index (χ3v) is 5.35. The maximum Gasteiger partial charge on any atom is 0.411 e. The molecule has 2 aromatic heterocycles. The van der Waals surface area contributed by atoms with Crippen molar-refractivity contribution < 1.29 is 14.3 Å². The van der Waals surface area contributed by atoms with Gasteiger partial charge in [0.05, 0.1) is 16.6 Å². The highest BCUT2D eigenvalue weighted by Gasteiger charge is 2.14. The molecule has 0 saturated heterocycles. The lowest BCUT2D eigenvalue weighted by Gasteiger charge is -2.10. The van der Waals surface area contributed by atoms with E-state index in [9.17, 15) is 9.59 Å². The second-order valence-corrected chi connectivity index (χ2v) is 8.53. The number of H-pyrrole nitrogens is 1. The zero-order chi connectivity index (χ0) is 24.9. The van der Waals surface area contributed by atoms with E-state index in [-0.39, 0.29) is 18.4 Å². The van der Waals surface area contributed by atoms with Gasteiger partial charge in [-0.3, -0.25) is 10.1 Å². The molecule has 0 aliphatic heterocycles. The van der Waals surface area contributed by atoms with Gasteiger partial charge in [-0.05, 0) is 55.8 Å². The number of benzene rings is 2. The number of anilines is 2. The quantitative estimate of drug-likeness (QED) is 0.280. The number of nitrogens with one attached hydrogen (secondary N) is 3. The highest BCUT2D eigenvalue weighted by Crippen LogP contribution is 2.31. The molecule has 0 radical (unpaired) electrons. The minimum absolute atomic E-state index is 0.122. The predicted octanol–water partition coefficient (Wildman–Crippen LogP) is 5.19. The van der Waals surface area contributed by atoms with E-state index in [1.54, 1.807) is 38.2 Å². The Morgan fingerprint density at radius 1 is 1.06 bits per heavy atom. The number of aromatic nitrogens is 3. The van der Waals surface area contributed by atoms with Crippen molar-refractivity contribution in [2.75, 3.05) is 17.2 Å². The van der Waals surface area contributed by atoms with Crippen molar-refractivity contribution in [3.05, 3.63) is 59.8 Å². The number of nitrogens with zero attached hydrogens (tertiary/aromatic N) is 2. The number of halogens is 1. The molecule has 0 fully saturated rings. The summed E-state index contributed by atoms with van der Waals surface area (Å²) < 4.78 is 5.13. The number of fused-ring (bicyclic) bond motifs is 1. The number of carbonyl (C=O) groups excluding carboxylic acids is 2. The lowest BCUT2D eigenvalue weighted by molar-refractivity contribution is -0.116. The largest absolute Gasteiger partial charge is 0.447 e. The summed E-state index contributed by atoms with van der Waals surface area (Å²) in [5, 5.41) is 5.97. The van der Waals surface area contributed by atoms with Crippen LogP contribution in [0.25, 0.3) is 33.7 Å². The van der Waals surface area contributed by atoms with Gasteiger partial charge in [-0.25, -0.2) is 14.8 Å². The SMILES string of the molecule is CC(C)OC(=O)Nc1ccc(Cl)c(-c2nc3ncc(-c4ccc(NC(=O)CCN)cc4)cc3[nH]2)c1. The van der Waals surface area contributed by atoms with Crippen molar-refractivity contribution in [1.82, 2.24) is 15.0 Å². The molecule has 5 N–H and O–H groups in total. The van der Waals surface area contributed by atoms with Gasteiger partial charge in [-0.2, -0.15) is 0 Å². The average Bonchev–Trinajstić information content (AvgIpc) is 3.23. The van der Waals surface area contributed by atoms with E-state index in [4.69, 9.17) is 22.1 Å². The first-order chi connectivity index (χ1) is 16.8. The van der Waals surface area contributed by atoms with Crippen LogP contribution in [-0.4, -0.2) is 39.6 Å². The summed E-state index contributed by atoms with van der Waals surface area (Å²) in [5.41, 5.74) is 10.3. The Labute approximate surface area is 207 Å². The van der Waals surface area contributed by atoms with Gasteiger partial charge < -0.3 is 20.8 Å². The molecule has 0 unspecified atom stereocenters. The third kappa shape index (κ3) is 5.95. The second-order valence-electron chi connectivity index (χ2n) is 8.12. The summed E-state index contributed by atoms with van der Waals surface area (Å²) in [6.07, 6.45) is 1.23. The van der Waals surface area contributed by atoms with Crippen molar-refractivity contribution in [2.24, 2.45) is 5.73 Å². The average molecular weight is 493 g/mol. The Morgan fingerprint density at radius 3 is 2.51 bits per heavy atom. The number of nitrogens with two attached hydrogens (primary N) is 1. The summed E-state index contributed by atoms with van der Waals surface area (Å²) in [5.74, 6) is 0.400. The summed E-state index contributed by atoms with van der Waals surface area (Å²) in [6, 6.07) is 14.5. The first-order valence-corrected chi connectivity index (χ1v) is 11.4. The molecule has 9 nitrogen and oxygen atoms in total. The summed E-state index contributed by atoms with van der Waals surface area (Å²) in [7, 11) is 0. The monoisotopic (exact) mass is 492 g/mol. The van der Waals surface area contributed by atoms with Crippen LogP contribution < -0.4 is 16.4 Å². The normalized spacial score (nSPS) is 11.0. The smallest absolute Gasteiger partial charge is 0.411 e. The van der Waals surface area contributed by atoms with E-state index in [1.165, 1.54) is 0 Å². The fourth-order valence-electron chi connectivity index (χ4n) is 3.43. The van der Waals surface area contributed by atoms with E-state index >= 15 is 0 Å². The molecule has 0 aliphatic rings. The van der Waals surface area contributed by atoms with E-state index in [1.807, 2.05) is 30.3 Å². The lowest BCUT2D eigenvalue weighted by Crippen LogP contribution is -2.17. The second kappa shape index (κ2) is 10.5. The number of rotatable bonds is 7. The molecule has 4 rings (SSSR count). The van der Waals surface area contributed by atoms with Crippen LogP contribution in [0, 0.1) is 0 Å². The van der Waals surface area contributed by atoms with E-state index in [0.29, 0.717) is 40.0 Å². The molecule has 0 saturated carbocycles. The van der Waals surface area contributed by atoms with Crippen molar-refractivity contribution in [3.63, 3.8) is 0 Å². The molecule has 2 heterocycles. The Balaban J connectivity index is 1.57. The maximum absolute atomic E-state index is 11.9. The molecular weight excluding hydrogens is 468 g/mol. The van der Waals surface area contributed by atoms with Crippen molar-refractivity contribution in [2.45, 2.75) is 26.4 Å². The molecule has 4 aromatic rings. The van der Waals surface area contributed by atoms with Crippen molar-refractivity contribution in [1.29, 1.82) is 0 Å². The van der Waals surface area contributed by atoms with Crippen molar-refractivity contribution >= 4 is 46.1 Å². The van der Waals surface area contributed by atoms with Gasteiger partial charge in [0.2, 0.25) is 5.91 Å². The van der Waals surface area contributed by atoms with E-state index in [0.717, 1.165) is 16.6 Å². The molecule has 0 aliphatic carbocycles. The number of aromatic amines is 1. The molecule has 2 aromatic carbocycles. The molecular formula is C25H25ClN6O3. The summed E-state index contributed by atoms with van der Waals surface area (Å²) >= 11 is 6.42. The third-order valence-electron chi connectivity index (χ3n) is 5.02. The lowest BCUT2D eigenvalue weighted by atomic mass is 10.1. The highest BCUT2D eigenvalue weighted by atomic mass is 35.5. The van der Waals surface area contributed by atoms with Crippen LogP contribution in [0.3, 0.4) is 0 Å². The van der Waals surface area contributed by atoms with E-state index in [2.05, 4.69) is 25.6 Å². The highest BCUT2D eigenvalue weighted by molar-refractivity contribution is 6.33. The Bertz CT molecular complexity index is 1370. The summed E-state index contributed by atoms with van der Waals surface area (Å²) in [6.45, 7) is 3.86. The maximum atomic E-state index is 11.9. The summed E-state index contributed by atoms with van der Waals surface area (Å²) in [4.78, 5) is 36.0. The minimum Gasteiger partial charge on any atom is -0.447 e. The number of imidazole rings is 1. The molecule has 0 atom stereocenters. The first kappa shape index (κ1) is 24.2. The van der Waals surface area contributed by atoms with Gasteiger partial charge in [0, 0.05) is 41.7 Å². The number of ether oxygens (including phenoxy) is 1. The first-order valence-electron chi connectivity index (χ1n) is 11.1. The van der Waals surface area contributed by atoms with Gasteiger partial charge in [0.1, 0.15) is 5.82 Å². The van der Waals surface area contributed by atoms with Crippen LogP contribution >= 0.6 is 11.6 Å². The van der Waals surface area contributed by atoms with Crippen LogP contribution in [0.1, 0.15) is 20.3 Å². The van der Waals surface area contributed by atoms with E-state index < -0.39 is 6.09 Å². The van der Waals surface area contributed by atoms with Gasteiger partial charge >= 0.3 is 6.09 Å². The van der Waals surface area contributed by atoms with Gasteiger partial charge in [-0.15, -0.1) is 0 Å². The Morgan fingerprint density at radius 2 is 1.80 bits per heavy atom. The van der Waals surface area contributed by atoms with Crippen molar-refractivity contribution in [3.8, 4) is 22.5 Å². The molecule has 10 heteroatoms. The Kier molecular flexibility index (Phi) is 7.28. The Hall–Kier alpha value is -3.95.